The molecule has 2 saturated carbocycles. The van der Waals surface area contributed by atoms with Gasteiger partial charge in [0.2, 0.25) is 0 Å². The SMILES string of the molecule is CC1=C[C@]23C(=O)[C@@H](C=C4COC(C)(C)O[C@H]4[C@]2(O)[C@H]1OC(=O)c1c(N)cccc1Cl)[C@H]1[C@@H](C[C@H]3C)C1(C)C. The van der Waals surface area contributed by atoms with Crippen molar-refractivity contribution in [3.63, 3.8) is 0 Å². The predicted molar refractivity (Wildman–Crippen MR) is 142 cm³/mol. The second-order valence-electron chi connectivity index (χ2n) is 13.0. The number of benzene rings is 1. The van der Waals surface area contributed by atoms with Gasteiger partial charge in [-0.25, -0.2) is 4.79 Å². The average Bonchev–Trinajstić information content (AvgIpc) is 3.31. The molecular formula is C30H36ClNO6. The molecule has 6 rings (SSSR count). The van der Waals surface area contributed by atoms with Crippen molar-refractivity contribution in [1.29, 1.82) is 0 Å². The number of Topliss-reactive ketones (excluding diaryl/α,β-unsaturated/α-hetero) is 1. The zero-order valence-corrected chi connectivity index (χ0v) is 23.5. The standard InChI is InChI=1S/C30H36ClNO6/c1-14-12-29-15(2)10-18-22(27(18,3)4)17(23(29)33)11-16-13-36-28(5,6)38-25(16)30(29,35)24(14)37-26(34)21-19(31)8-7-9-20(21)32/h7-9,11-12,15,17-18,22,24-25,35H,10,13,32H2,1-6H3/t15-,17+,18-,22+,24+,25-,29+,30-/m1/s1. The zero-order valence-electron chi connectivity index (χ0n) is 22.7. The number of carbonyl (C=O) groups excluding carboxylic acids is 2. The number of nitrogens with two attached hydrogens (primary N) is 1. The van der Waals surface area contributed by atoms with E-state index in [2.05, 4.69) is 13.8 Å². The van der Waals surface area contributed by atoms with Gasteiger partial charge in [0.25, 0.3) is 0 Å². The van der Waals surface area contributed by atoms with E-state index in [4.69, 9.17) is 31.5 Å². The van der Waals surface area contributed by atoms with Crippen molar-refractivity contribution in [2.75, 3.05) is 12.3 Å². The first-order valence-corrected chi connectivity index (χ1v) is 13.8. The van der Waals surface area contributed by atoms with Crippen molar-refractivity contribution >= 4 is 29.0 Å². The Morgan fingerprint density at radius 1 is 1.24 bits per heavy atom. The molecule has 5 aliphatic rings. The van der Waals surface area contributed by atoms with Crippen LogP contribution in [0.1, 0.15) is 58.3 Å². The fourth-order valence-corrected chi connectivity index (χ4v) is 8.48. The van der Waals surface area contributed by atoms with Crippen LogP contribution in [0.3, 0.4) is 0 Å². The first kappa shape index (κ1) is 26.1. The van der Waals surface area contributed by atoms with Crippen molar-refractivity contribution < 1.29 is 28.9 Å². The van der Waals surface area contributed by atoms with Gasteiger partial charge in [-0.05, 0) is 73.6 Å². The third-order valence-corrected chi connectivity index (χ3v) is 10.5. The van der Waals surface area contributed by atoms with E-state index in [0.29, 0.717) is 17.1 Å². The summed E-state index contributed by atoms with van der Waals surface area (Å²) in [5, 5.41) is 13.2. The zero-order chi connectivity index (χ0) is 27.6. The number of carbonyl (C=O) groups is 2. The number of ether oxygens (including phenoxy) is 3. The van der Waals surface area contributed by atoms with E-state index in [-0.39, 0.29) is 45.9 Å². The largest absolute Gasteiger partial charge is 0.451 e. The van der Waals surface area contributed by atoms with Gasteiger partial charge in [-0.15, -0.1) is 0 Å². The van der Waals surface area contributed by atoms with Crippen LogP contribution in [0.25, 0.3) is 0 Å². The fourth-order valence-electron chi connectivity index (χ4n) is 8.22. The van der Waals surface area contributed by atoms with Crippen molar-refractivity contribution in [2.45, 2.75) is 71.6 Å². The topological polar surface area (TPSA) is 108 Å². The molecule has 3 fully saturated rings. The van der Waals surface area contributed by atoms with E-state index in [9.17, 15) is 14.7 Å². The minimum Gasteiger partial charge on any atom is -0.451 e. The van der Waals surface area contributed by atoms with Crippen molar-refractivity contribution in [3.05, 3.63) is 52.1 Å². The van der Waals surface area contributed by atoms with Gasteiger partial charge in [-0.1, -0.05) is 50.6 Å². The Hall–Kier alpha value is -2.19. The van der Waals surface area contributed by atoms with Gasteiger partial charge >= 0.3 is 5.97 Å². The van der Waals surface area contributed by atoms with Gasteiger partial charge in [0, 0.05) is 11.6 Å². The second-order valence-corrected chi connectivity index (χ2v) is 13.4. The first-order chi connectivity index (χ1) is 17.7. The van der Waals surface area contributed by atoms with E-state index in [1.54, 1.807) is 39.0 Å². The molecule has 1 aromatic rings. The Morgan fingerprint density at radius 2 is 1.95 bits per heavy atom. The third kappa shape index (κ3) is 3.19. The molecule has 204 valence electrons. The second kappa shape index (κ2) is 7.94. The molecule has 3 N–H and O–H groups in total. The Balaban J connectivity index is 1.53. The third-order valence-electron chi connectivity index (χ3n) is 10.1. The quantitative estimate of drug-likeness (QED) is 0.317. The maximum atomic E-state index is 14.7. The smallest absolute Gasteiger partial charge is 0.342 e. The highest BCUT2D eigenvalue weighted by Gasteiger charge is 2.77. The predicted octanol–water partition coefficient (Wildman–Crippen LogP) is 4.71. The Bertz CT molecular complexity index is 1300. The number of aliphatic hydroxyl groups is 1. The Labute approximate surface area is 228 Å². The molecule has 1 saturated heterocycles. The molecule has 0 aromatic heterocycles. The summed E-state index contributed by atoms with van der Waals surface area (Å²) in [4.78, 5) is 28.3. The van der Waals surface area contributed by atoms with E-state index >= 15 is 0 Å². The lowest BCUT2D eigenvalue weighted by Gasteiger charge is -2.52. The molecule has 1 spiro atoms. The van der Waals surface area contributed by atoms with Crippen LogP contribution < -0.4 is 5.73 Å². The van der Waals surface area contributed by atoms with Gasteiger partial charge < -0.3 is 25.1 Å². The van der Waals surface area contributed by atoms with Crippen LogP contribution in [0, 0.1) is 34.5 Å². The number of ketones is 1. The minimum atomic E-state index is -1.89. The van der Waals surface area contributed by atoms with Gasteiger partial charge in [0.15, 0.2) is 23.3 Å². The monoisotopic (exact) mass is 541 g/mol. The van der Waals surface area contributed by atoms with E-state index in [0.717, 1.165) is 6.42 Å². The lowest BCUT2D eigenvalue weighted by molar-refractivity contribution is -0.302. The summed E-state index contributed by atoms with van der Waals surface area (Å²) in [7, 11) is 0. The summed E-state index contributed by atoms with van der Waals surface area (Å²) in [6.07, 6.45) is 2.55. The molecule has 1 aliphatic heterocycles. The molecule has 0 amide bonds. The number of fused-ring (bicyclic) bond motifs is 5. The van der Waals surface area contributed by atoms with Crippen LogP contribution >= 0.6 is 11.6 Å². The van der Waals surface area contributed by atoms with Gasteiger partial charge in [-0.2, -0.15) is 0 Å². The summed E-state index contributed by atoms with van der Waals surface area (Å²) in [6.45, 7) is 12.1. The molecule has 1 aromatic carbocycles. The van der Waals surface area contributed by atoms with Crippen molar-refractivity contribution in [1.82, 2.24) is 0 Å². The van der Waals surface area contributed by atoms with E-state index in [1.165, 1.54) is 0 Å². The number of esters is 1. The molecule has 8 heteroatoms. The van der Waals surface area contributed by atoms with Crippen molar-refractivity contribution in [3.8, 4) is 0 Å². The maximum absolute atomic E-state index is 14.7. The maximum Gasteiger partial charge on any atom is 0.342 e. The molecule has 0 unspecified atom stereocenters. The molecule has 38 heavy (non-hydrogen) atoms. The van der Waals surface area contributed by atoms with Crippen LogP contribution in [-0.4, -0.2) is 47.1 Å². The van der Waals surface area contributed by atoms with Crippen molar-refractivity contribution in [2.24, 2.45) is 34.5 Å². The lowest BCUT2D eigenvalue weighted by Crippen LogP contribution is -2.68. The number of rotatable bonds is 2. The molecule has 8 atom stereocenters. The van der Waals surface area contributed by atoms with Gasteiger partial charge in [0.1, 0.15) is 11.7 Å². The lowest BCUT2D eigenvalue weighted by atomic mass is 9.59. The molecule has 7 nitrogen and oxygen atoms in total. The Kier molecular flexibility index (Phi) is 5.44. The number of halogens is 1. The number of nitrogen functional groups attached to an aromatic ring is 1. The highest BCUT2D eigenvalue weighted by molar-refractivity contribution is 6.34. The van der Waals surface area contributed by atoms with Crippen LogP contribution in [0.2, 0.25) is 5.02 Å². The van der Waals surface area contributed by atoms with Gasteiger partial charge in [0.05, 0.1) is 17.0 Å². The summed E-state index contributed by atoms with van der Waals surface area (Å²) in [6, 6.07) is 4.78. The molecule has 0 radical (unpaired) electrons. The molecule has 1 heterocycles. The number of allylic oxidation sites excluding steroid dienone is 1. The minimum absolute atomic E-state index is 0.0195. The summed E-state index contributed by atoms with van der Waals surface area (Å²) < 4.78 is 18.6. The Morgan fingerprint density at radius 3 is 2.63 bits per heavy atom. The fraction of sp³-hybridized carbons (Fsp3) is 0.600. The first-order valence-electron chi connectivity index (χ1n) is 13.4. The van der Waals surface area contributed by atoms with E-state index < -0.39 is 40.9 Å². The van der Waals surface area contributed by atoms with Crippen LogP contribution in [-0.2, 0) is 19.0 Å². The molecule has 2 bridgehead atoms. The molecule has 4 aliphatic carbocycles. The molecular weight excluding hydrogens is 506 g/mol. The summed E-state index contributed by atoms with van der Waals surface area (Å²) in [5.74, 6) is -1.90. The highest BCUT2D eigenvalue weighted by atomic mass is 35.5. The van der Waals surface area contributed by atoms with Crippen LogP contribution in [0.4, 0.5) is 5.69 Å². The number of hydrogen-bond acceptors (Lipinski definition) is 7. The normalized spacial score (nSPS) is 41.9. The van der Waals surface area contributed by atoms with Crippen LogP contribution in [0.15, 0.2) is 41.5 Å². The summed E-state index contributed by atoms with van der Waals surface area (Å²) >= 11 is 6.33. The number of anilines is 1. The van der Waals surface area contributed by atoms with Gasteiger partial charge in [-0.3, -0.25) is 4.79 Å². The van der Waals surface area contributed by atoms with Crippen LogP contribution in [0.5, 0.6) is 0 Å². The summed E-state index contributed by atoms with van der Waals surface area (Å²) in [5.41, 5.74) is 4.44. The highest BCUT2D eigenvalue weighted by Crippen LogP contribution is 2.72. The average molecular weight is 542 g/mol. The van der Waals surface area contributed by atoms with E-state index in [1.807, 2.05) is 19.1 Å². The number of hydrogen-bond donors (Lipinski definition) is 2.